The monoisotopic (exact) mass is 537 g/mol. The van der Waals surface area contributed by atoms with E-state index in [4.69, 9.17) is 10.5 Å². The SMILES string of the molecule is C[C@@H]1CN(c2nc3ccc(F)cc3s2)C[C@@H](C)N1C(=O)OC1CC2(C1)CN(Cc1ccc(C(N)=O)cc1)C2. The second kappa shape index (κ2) is 9.50. The van der Waals surface area contributed by atoms with Gasteiger partial charge >= 0.3 is 6.09 Å². The summed E-state index contributed by atoms with van der Waals surface area (Å²) in [6, 6.07) is 12.1. The Morgan fingerprint density at radius 2 is 1.79 bits per heavy atom. The molecule has 2 atom stereocenters. The summed E-state index contributed by atoms with van der Waals surface area (Å²) < 4.78 is 20.4. The number of piperazine rings is 1. The lowest BCUT2D eigenvalue weighted by Gasteiger charge is -2.58. The van der Waals surface area contributed by atoms with Crippen molar-refractivity contribution in [3.63, 3.8) is 0 Å². The molecule has 38 heavy (non-hydrogen) atoms. The zero-order chi connectivity index (χ0) is 26.6. The molecule has 3 fully saturated rings. The first kappa shape index (κ1) is 25.1. The van der Waals surface area contributed by atoms with Gasteiger partial charge in [-0.25, -0.2) is 14.2 Å². The van der Waals surface area contributed by atoms with Crippen molar-refractivity contribution in [1.82, 2.24) is 14.8 Å². The number of benzene rings is 2. The summed E-state index contributed by atoms with van der Waals surface area (Å²) >= 11 is 1.48. The smallest absolute Gasteiger partial charge is 0.410 e. The van der Waals surface area contributed by atoms with Crippen LogP contribution in [0.15, 0.2) is 42.5 Å². The Balaban J connectivity index is 0.980. The quantitative estimate of drug-likeness (QED) is 0.524. The van der Waals surface area contributed by atoms with E-state index in [1.807, 2.05) is 30.9 Å². The van der Waals surface area contributed by atoms with E-state index in [1.54, 1.807) is 18.2 Å². The molecule has 3 aromatic rings. The fourth-order valence-electron chi connectivity index (χ4n) is 6.36. The van der Waals surface area contributed by atoms with Crippen molar-refractivity contribution in [2.75, 3.05) is 31.1 Å². The Kier molecular flexibility index (Phi) is 6.26. The molecule has 6 rings (SSSR count). The van der Waals surface area contributed by atoms with Gasteiger partial charge in [-0.15, -0.1) is 0 Å². The van der Waals surface area contributed by atoms with E-state index >= 15 is 0 Å². The maximum Gasteiger partial charge on any atom is 0.410 e. The molecule has 3 aliphatic rings. The van der Waals surface area contributed by atoms with Crippen molar-refractivity contribution in [2.45, 2.75) is 51.4 Å². The van der Waals surface area contributed by atoms with E-state index in [0.29, 0.717) is 18.7 Å². The summed E-state index contributed by atoms with van der Waals surface area (Å²) in [4.78, 5) is 35.5. The van der Waals surface area contributed by atoms with E-state index in [1.165, 1.54) is 23.5 Å². The second-order valence-corrected chi connectivity index (χ2v) is 12.2. The van der Waals surface area contributed by atoms with Gasteiger partial charge in [0.2, 0.25) is 5.91 Å². The van der Waals surface area contributed by atoms with Crippen LogP contribution in [0.2, 0.25) is 0 Å². The minimum absolute atomic E-state index is 0.0239. The average molecular weight is 538 g/mol. The molecule has 0 bridgehead atoms. The number of anilines is 1. The highest BCUT2D eigenvalue weighted by Crippen LogP contribution is 2.50. The standard InChI is InChI=1S/C28H32FN5O3S/c1-17-12-33(26-31-23-8-7-21(29)9-24(23)38-26)13-18(2)34(17)27(36)37-22-10-28(11-22)15-32(16-28)14-19-3-5-20(6-4-19)25(30)35/h3-9,17-18,22H,10-16H2,1-2H3,(H2,30,35)/t17-,18-/m1/s1. The van der Waals surface area contributed by atoms with Gasteiger partial charge in [0.1, 0.15) is 11.9 Å². The molecule has 1 spiro atoms. The molecule has 10 heteroatoms. The van der Waals surface area contributed by atoms with Crippen LogP contribution in [0.3, 0.4) is 0 Å². The third-order valence-corrected chi connectivity index (χ3v) is 9.17. The summed E-state index contributed by atoms with van der Waals surface area (Å²) in [5.41, 5.74) is 8.05. The average Bonchev–Trinajstić information content (AvgIpc) is 3.24. The number of hydrogen-bond donors (Lipinski definition) is 1. The molecule has 3 heterocycles. The van der Waals surface area contributed by atoms with Crippen molar-refractivity contribution in [1.29, 1.82) is 0 Å². The predicted octanol–water partition coefficient (Wildman–Crippen LogP) is 4.23. The summed E-state index contributed by atoms with van der Waals surface area (Å²) in [5, 5.41) is 0.858. The highest BCUT2D eigenvalue weighted by Gasteiger charge is 2.54. The Hall–Kier alpha value is -3.24. The van der Waals surface area contributed by atoms with Crippen LogP contribution < -0.4 is 10.6 Å². The number of rotatable bonds is 5. The molecular formula is C28H32FN5O3S. The lowest BCUT2D eigenvalue weighted by Crippen LogP contribution is -2.64. The van der Waals surface area contributed by atoms with Crippen LogP contribution in [0.25, 0.3) is 10.2 Å². The van der Waals surface area contributed by atoms with Crippen LogP contribution in [-0.2, 0) is 11.3 Å². The Labute approximate surface area is 225 Å². The third kappa shape index (κ3) is 4.71. The van der Waals surface area contributed by atoms with E-state index in [2.05, 4.69) is 14.8 Å². The Bertz CT molecular complexity index is 1350. The van der Waals surface area contributed by atoms with Crippen molar-refractivity contribution >= 4 is 38.7 Å². The highest BCUT2D eigenvalue weighted by molar-refractivity contribution is 7.22. The molecule has 2 saturated heterocycles. The maximum absolute atomic E-state index is 13.6. The molecule has 0 radical (unpaired) electrons. The first-order valence-electron chi connectivity index (χ1n) is 13.1. The topological polar surface area (TPSA) is 92.0 Å². The van der Waals surface area contributed by atoms with Gasteiger partial charge in [0.25, 0.3) is 0 Å². The first-order valence-corrected chi connectivity index (χ1v) is 13.9. The number of fused-ring (bicyclic) bond motifs is 1. The van der Waals surface area contributed by atoms with Gasteiger partial charge in [0.05, 0.1) is 22.3 Å². The van der Waals surface area contributed by atoms with Crippen LogP contribution in [-0.4, -0.2) is 71.2 Å². The lowest BCUT2D eigenvalue weighted by molar-refractivity contribution is -0.137. The van der Waals surface area contributed by atoms with Gasteiger partial charge < -0.3 is 15.4 Å². The number of thiazole rings is 1. The molecule has 1 aliphatic carbocycles. The summed E-state index contributed by atoms with van der Waals surface area (Å²) in [5.74, 6) is -0.670. The van der Waals surface area contributed by atoms with Crippen molar-refractivity contribution in [3.8, 4) is 0 Å². The fraction of sp³-hybridized carbons (Fsp3) is 0.464. The largest absolute Gasteiger partial charge is 0.446 e. The normalized spacial score (nSPS) is 23.3. The molecular weight excluding hydrogens is 505 g/mol. The summed E-state index contributed by atoms with van der Waals surface area (Å²) in [6.45, 7) is 8.23. The number of primary amides is 1. The number of carbonyl (C=O) groups is 2. The number of nitrogens with two attached hydrogens (primary N) is 1. The zero-order valence-corrected chi connectivity index (χ0v) is 22.4. The second-order valence-electron chi connectivity index (χ2n) is 11.2. The van der Waals surface area contributed by atoms with Gasteiger partial charge in [-0.2, -0.15) is 0 Å². The first-order chi connectivity index (χ1) is 18.2. The van der Waals surface area contributed by atoms with Gasteiger partial charge in [0, 0.05) is 43.7 Å². The van der Waals surface area contributed by atoms with E-state index in [0.717, 1.165) is 53.4 Å². The number of likely N-dealkylation sites (tertiary alicyclic amines) is 1. The van der Waals surface area contributed by atoms with E-state index in [-0.39, 0.29) is 35.5 Å². The van der Waals surface area contributed by atoms with Crippen molar-refractivity contribution in [3.05, 3.63) is 59.4 Å². The van der Waals surface area contributed by atoms with E-state index in [9.17, 15) is 14.0 Å². The van der Waals surface area contributed by atoms with Gasteiger partial charge in [-0.3, -0.25) is 14.6 Å². The molecule has 200 valence electrons. The number of carbonyl (C=O) groups excluding carboxylic acids is 2. The minimum atomic E-state index is -0.411. The van der Waals surface area contributed by atoms with Crippen molar-refractivity contribution < 1.29 is 18.7 Å². The molecule has 0 unspecified atom stereocenters. The third-order valence-electron chi connectivity index (χ3n) is 8.09. The molecule has 2 aliphatic heterocycles. The van der Waals surface area contributed by atoms with Crippen LogP contribution in [0.1, 0.15) is 42.6 Å². The zero-order valence-electron chi connectivity index (χ0n) is 21.6. The lowest BCUT2D eigenvalue weighted by atomic mass is 9.61. The Morgan fingerprint density at radius 1 is 1.11 bits per heavy atom. The van der Waals surface area contributed by atoms with Crippen molar-refractivity contribution in [2.24, 2.45) is 11.1 Å². The van der Waals surface area contributed by atoms with Crippen LogP contribution in [0.5, 0.6) is 0 Å². The number of aromatic nitrogens is 1. The fourth-order valence-corrected chi connectivity index (χ4v) is 7.37. The number of amides is 2. The van der Waals surface area contributed by atoms with Gasteiger partial charge in [-0.05, 0) is 62.6 Å². The summed E-state index contributed by atoms with van der Waals surface area (Å²) in [7, 11) is 0. The van der Waals surface area contributed by atoms with Crippen LogP contribution in [0.4, 0.5) is 14.3 Å². The van der Waals surface area contributed by atoms with E-state index < -0.39 is 5.91 Å². The van der Waals surface area contributed by atoms with Gasteiger partial charge in [-0.1, -0.05) is 23.5 Å². The molecule has 2 aromatic carbocycles. The molecule has 1 aromatic heterocycles. The van der Waals surface area contributed by atoms with Gasteiger partial charge in [0.15, 0.2) is 5.13 Å². The van der Waals surface area contributed by atoms with Crippen LogP contribution >= 0.6 is 11.3 Å². The molecule has 1 saturated carbocycles. The number of halogens is 1. The predicted molar refractivity (Wildman–Crippen MR) is 145 cm³/mol. The molecule has 2 amide bonds. The highest BCUT2D eigenvalue weighted by atomic mass is 32.1. The summed E-state index contributed by atoms with van der Waals surface area (Å²) in [6.07, 6.45) is 1.54. The molecule has 8 nitrogen and oxygen atoms in total. The Morgan fingerprint density at radius 3 is 2.45 bits per heavy atom. The maximum atomic E-state index is 13.6. The minimum Gasteiger partial charge on any atom is -0.446 e. The molecule has 2 N–H and O–H groups in total. The number of hydrogen-bond acceptors (Lipinski definition) is 7. The van der Waals surface area contributed by atoms with Crippen LogP contribution in [0, 0.1) is 11.2 Å². The number of ether oxygens (including phenoxy) is 1. The number of nitrogens with zero attached hydrogens (tertiary/aromatic N) is 4.